The number of amides is 3. The van der Waals surface area contributed by atoms with Gasteiger partial charge in [-0.05, 0) is 80.4 Å². The quantitative estimate of drug-likeness (QED) is 0.159. The molecule has 4 aromatic carbocycles. The second-order valence-corrected chi connectivity index (χ2v) is 10.3. The Morgan fingerprint density at radius 2 is 1.48 bits per heavy atom. The first-order valence-electron chi connectivity index (χ1n) is 14.5. The fraction of sp³-hybridized carbons (Fsp3) is 0.176. The lowest BCUT2D eigenvalue weighted by molar-refractivity contribution is -0.384. The van der Waals surface area contributed by atoms with Crippen LogP contribution in [0.4, 0.5) is 17.1 Å². The minimum atomic E-state index is -0.581. The molecule has 234 valence electrons. The molecular formula is C34H31N5O7. The number of rotatable bonds is 10. The molecule has 0 bridgehead atoms. The van der Waals surface area contributed by atoms with Gasteiger partial charge in [-0.1, -0.05) is 18.2 Å². The van der Waals surface area contributed by atoms with E-state index in [1.165, 1.54) is 35.3 Å². The molecule has 0 fully saturated rings. The van der Waals surface area contributed by atoms with Crippen LogP contribution in [0.25, 0.3) is 0 Å². The Bertz CT molecular complexity index is 1840. The summed E-state index contributed by atoms with van der Waals surface area (Å²) < 4.78 is 11.1. The molecule has 1 heterocycles. The number of ether oxygens (including phenoxy) is 2. The standard InChI is InChI=1S/C34H31N5O7/c1-3-46-31-21-22(15-16-30(31)45-2)29-14-7-17-38(37-29)34(42)25-10-5-12-27(19-25)36-32(40)23-8-4-11-26(18-23)35-33(41)24-9-6-13-28(20-24)39(43)44/h4-6,8-13,15-16,18-21H,3,7,14,17H2,1-2H3,(H,35,41)(H,36,40). The van der Waals surface area contributed by atoms with Crippen molar-refractivity contribution >= 4 is 40.5 Å². The molecular weight excluding hydrogens is 590 g/mol. The van der Waals surface area contributed by atoms with Gasteiger partial charge in [0.05, 0.1) is 24.4 Å². The van der Waals surface area contributed by atoms with Gasteiger partial charge in [0.25, 0.3) is 23.4 Å². The third-order valence-corrected chi connectivity index (χ3v) is 7.13. The molecule has 12 heteroatoms. The molecule has 1 aliphatic rings. The van der Waals surface area contributed by atoms with Crippen molar-refractivity contribution in [2.75, 3.05) is 30.9 Å². The number of anilines is 2. The number of benzene rings is 4. The summed E-state index contributed by atoms with van der Waals surface area (Å²) in [6, 6.07) is 23.8. The molecule has 4 aromatic rings. The first-order valence-corrected chi connectivity index (χ1v) is 14.5. The van der Waals surface area contributed by atoms with Gasteiger partial charge in [-0.25, -0.2) is 5.01 Å². The van der Waals surface area contributed by atoms with Crippen LogP contribution in [-0.2, 0) is 0 Å². The number of hydrazone groups is 1. The Morgan fingerprint density at radius 3 is 2.13 bits per heavy atom. The topological polar surface area (TPSA) is 152 Å². The van der Waals surface area contributed by atoms with E-state index < -0.39 is 16.7 Å². The van der Waals surface area contributed by atoms with Gasteiger partial charge in [-0.2, -0.15) is 5.10 Å². The van der Waals surface area contributed by atoms with E-state index in [1.807, 2.05) is 25.1 Å². The fourth-order valence-electron chi connectivity index (χ4n) is 4.90. The third kappa shape index (κ3) is 7.36. The zero-order chi connectivity index (χ0) is 32.6. The van der Waals surface area contributed by atoms with Gasteiger partial charge in [0.1, 0.15) is 0 Å². The Morgan fingerprint density at radius 1 is 0.848 bits per heavy atom. The average molecular weight is 622 g/mol. The number of nitrogens with one attached hydrogen (secondary N) is 2. The zero-order valence-corrected chi connectivity index (χ0v) is 25.2. The molecule has 0 aromatic heterocycles. The smallest absolute Gasteiger partial charge is 0.274 e. The minimum absolute atomic E-state index is 0.106. The maximum absolute atomic E-state index is 13.5. The van der Waals surface area contributed by atoms with Crippen molar-refractivity contribution in [2.45, 2.75) is 19.8 Å². The molecule has 3 amide bonds. The summed E-state index contributed by atoms with van der Waals surface area (Å²) in [5, 5.41) is 22.6. The molecule has 0 atom stereocenters. The maximum Gasteiger partial charge on any atom is 0.274 e. The van der Waals surface area contributed by atoms with Crippen LogP contribution in [-0.4, -0.2) is 53.6 Å². The molecule has 0 radical (unpaired) electrons. The van der Waals surface area contributed by atoms with Crippen LogP contribution in [0.1, 0.15) is 56.4 Å². The largest absolute Gasteiger partial charge is 0.493 e. The number of hydrogen-bond acceptors (Lipinski definition) is 8. The summed E-state index contributed by atoms with van der Waals surface area (Å²) in [7, 11) is 1.58. The first kappa shape index (κ1) is 31.4. The van der Waals surface area contributed by atoms with E-state index >= 15 is 0 Å². The predicted octanol–water partition coefficient (Wildman–Crippen LogP) is 6.15. The van der Waals surface area contributed by atoms with Gasteiger partial charge in [0.2, 0.25) is 0 Å². The van der Waals surface area contributed by atoms with E-state index in [2.05, 4.69) is 15.7 Å². The lowest BCUT2D eigenvalue weighted by Gasteiger charge is -2.24. The second kappa shape index (κ2) is 14.2. The van der Waals surface area contributed by atoms with E-state index in [0.717, 1.165) is 17.7 Å². The molecule has 1 aliphatic heterocycles. The van der Waals surface area contributed by atoms with E-state index in [9.17, 15) is 24.5 Å². The lowest BCUT2D eigenvalue weighted by Crippen LogP contribution is -2.32. The summed E-state index contributed by atoms with van der Waals surface area (Å²) in [6.45, 7) is 2.82. The SMILES string of the molecule is CCOc1cc(C2=NN(C(=O)c3cccc(NC(=O)c4cccc(NC(=O)c5cccc([N+](=O)[O-])c5)c4)c3)CCC2)ccc1OC. The van der Waals surface area contributed by atoms with Gasteiger partial charge in [-0.3, -0.25) is 24.5 Å². The van der Waals surface area contributed by atoms with Crippen LogP contribution in [0.3, 0.4) is 0 Å². The van der Waals surface area contributed by atoms with Gasteiger partial charge >= 0.3 is 0 Å². The van der Waals surface area contributed by atoms with Crippen LogP contribution in [0.15, 0.2) is 96.1 Å². The summed E-state index contributed by atoms with van der Waals surface area (Å²) >= 11 is 0. The lowest BCUT2D eigenvalue weighted by atomic mass is 10.0. The van der Waals surface area contributed by atoms with Crippen LogP contribution >= 0.6 is 0 Å². The number of non-ortho nitro benzene ring substituents is 1. The number of nitro groups is 1. The monoisotopic (exact) mass is 621 g/mol. The van der Waals surface area contributed by atoms with Crippen LogP contribution < -0.4 is 20.1 Å². The molecule has 2 N–H and O–H groups in total. The number of nitrogens with zero attached hydrogens (tertiary/aromatic N) is 3. The second-order valence-electron chi connectivity index (χ2n) is 10.3. The first-order chi connectivity index (χ1) is 22.2. The highest BCUT2D eigenvalue weighted by atomic mass is 16.6. The van der Waals surface area contributed by atoms with Crippen molar-refractivity contribution in [3.8, 4) is 11.5 Å². The zero-order valence-electron chi connectivity index (χ0n) is 25.2. The summed E-state index contributed by atoms with van der Waals surface area (Å²) in [5.41, 5.74) is 2.83. The fourth-order valence-corrected chi connectivity index (χ4v) is 4.90. The summed E-state index contributed by atoms with van der Waals surface area (Å²) in [4.78, 5) is 49.7. The molecule has 0 unspecified atom stereocenters. The highest BCUT2D eigenvalue weighted by Crippen LogP contribution is 2.30. The molecule has 0 aliphatic carbocycles. The maximum atomic E-state index is 13.5. The van der Waals surface area contributed by atoms with E-state index in [-0.39, 0.29) is 22.7 Å². The molecule has 5 rings (SSSR count). The van der Waals surface area contributed by atoms with Crippen LogP contribution in [0.5, 0.6) is 11.5 Å². The average Bonchev–Trinajstić information content (AvgIpc) is 3.08. The van der Waals surface area contributed by atoms with Crippen LogP contribution in [0, 0.1) is 10.1 Å². The normalized spacial score (nSPS) is 12.5. The van der Waals surface area contributed by atoms with Gasteiger partial charge < -0.3 is 20.1 Å². The predicted molar refractivity (Wildman–Crippen MR) is 173 cm³/mol. The number of carbonyl (C=O) groups excluding carboxylic acids is 3. The molecule has 0 saturated carbocycles. The van der Waals surface area contributed by atoms with Gasteiger partial charge in [-0.15, -0.1) is 0 Å². The molecule has 0 spiro atoms. The van der Waals surface area contributed by atoms with Gasteiger partial charge in [0, 0.05) is 52.3 Å². The number of hydrogen-bond donors (Lipinski definition) is 2. The highest BCUT2D eigenvalue weighted by molar-refractivity contribution is 6.08. The summed E-state index contributed by atoms with van der Waals surface area (Å²) in [5.74, 6) is -0.104. The van der Waals surface area contributed by atoms with E-state index in [0.29, 0.717) is 48.0 Å². The Labute approximate surface area is 264 Å². The van der Waals surface area contributed by atoms with Crippen molar-refractivity contribution in [2.24, 2.45) is 5.10 Å². The number of carbonyl (C=O) groups is 3. The van der Waals surface area contributed by atoms with Crippen molar-refractivity contribution in [3.63, 3.8) is 0 Å². The van der Waals surface area contributed by atoms with Crippen molar-refractivity contribution in [1.29, 1.82) is 0 Å². The molecule has 46 heavy (non-hydrogen) atoms. The number of nitro benzene ring substituents is 1. The van der Waals surface area contributed by atoms with Crippen molar-refractivity contribution in [3.05, 3.63) is 123 Å². The summed E-state index contributed by atoms with van der Waals surface area (Å²) in [6.07, 6.45) is 1.42. The minimum Gasteiger partial charge on any atom is -0.493 e. The van der Waals surface area contributed by atoms with Crippen molar-refractivity contribution in [1.82, 2.24) is 5.01 Å². The van der Waals surface area contributed by atoms with E-state index in [1.54, 1.807) is 49.6 Å². The van der Waals surface area contributed by atoms with E-state index in [4.69, 9.17) is 9.47 Å². The number of methoxy groups -OCH3 is 1. The Hall–Kier alpha value is -6.04. The van der Waals surface area contributed by atoms with Crippen LogP contribution in [0.2, 0.25) is 0 Å². The Kier molecular flexibility index (Phi) is 9.66. The highest BCUT2D eigenvalue weighted by Gasteiger charge is 2.22. The Balaban J connectivity index is 1.27. The molecule has 0 saturated heterocycles. The third-order valence-electron chi connectivity index (χ3n) is 7.13. The van der Waals surface area contributed by atoms with Crippen molar-refractivity contribution < 1.29 is 28.8 Å². The van der Waals surface area contributed by atoms with Gasteiger partial charge in [0.15, 0.2) is 11.5 Å². The molecule has 12 nitrogen and oxygen atoms in total.